The van der Waals surface area contributed by atoms with Crippen molar-refractivity contribution in [1.29, 1.82) is 0 Å². The smallest absolute Gasteiger partial charge is 0.0241 e. The monoisotopic (exact) mass is 212 g/mol. The highest BCUT2D eigenvalue weighted by molar-refractivity contribution is 4.80. The van der Waals surface area contributed by atoms with Gasteiger partial charge < -0.3 is 5.73 Å². The van der Waals surface area contributed by atoms with Gasteiger partial charge in [-0.25, -0.2) is 0 Å². The quantitative estimate of drug-likeness (QED) is 0.758. The van der Waals surface area contributed by atoms with Crippen molar-refractivity contribution in [2.45, 2.75) is 52.5 Å². The molecule has 0 saturated carbocycles. The maximum Gasteiger partial charge on any atom is 0.0241 e. The molecule has 0 spiro atoms. The summed E-state index contributed by atoms with van der Waals surface area (Å²) in [6.07, 6.45) is 5.53. The summed E-state index contributed by atoms with van der Waals surface area (Å²) in [5, 5.41) is 0. The second-order valence-corrected chi connectivity index (χ2v) is 5.32. The molecule has 0 aromatic rings. The highest BCUT2D eigenvalue weighted by atomic mass is 15.2. The maximum absolute atomic E-state index is 5.86. The number of nitrogens with two attached hydrogens (primary N) is 1. The molecule has 1 heterocycles. The Balaban J connectivity index is 2.35. The summed E-state index contributed by atoms with van der Waals surface area (Å²) < 4.78 is 0. The van der Waals surface area contributed by atoms with Gasteiger partial charge in [0.25, 0.3) is 0 Å². The molecule has 1 aliphatic rings. The fourth-order valence-electron chi connectivity index (χ4n) is 2.82. The second kappa shape index (κ2) is 6.49. The summed E-state index contributed by atoms with van der Waals surface area (Å²) in [5.41, 5.74) is 5.86. The van der Waals surface area contributed by atoms with Gasteiger partial charge in [-0.05, 0) is 37.8 Å². The minimum Gasteiger partial charge on any atom is -0.329 e. The van der Waals surface area contributed by atoms with Crippen molar-refractivity contribution >= 4 is 0 Å². The van der Waals surface area contributed by atoms with Crippen molar-refractivity contribution in [3.05, 3.63) is 0 Å². The van der Waals surface area contributed by atoms with Gasteiger partial charge in [-0.2, -0.15) is 0 Å². The van der Waals surface area contributed by atoms with Gasteiger partial charge in [0.05, 0.1) is 0 Å². The molecular formula is C13H28N2. The summed E-state index contributed by atoms with van der Waals surface area (Å²) in [5.74, 6) is 1.68. The Hall–Kier alpha value is -0.0800. The van der Waals surface area contributed by atoms with E-state index in [2.05, 4.69) is 25.7 Å². The molecule has 0 bridgehead atoms. The van der Waals surface area contributed by atoms with Crippen LogP contribution in [0.1, 0.15) is 46.5 Å². The van der Waals surface area contributed by atoms with E-state index in [0.717, 1.165) is 12.5 Å². The number of piperidine rings is 1. The highest BCUT2D eigenvalue weighted by Gasteiger charge is 2.25. The average molecular weight is 212 g/mol. The maximum atomic E-state index is 5.86. The van der Waals surface area contributed by atoms with E-state index in [1.807, 2.05) is 0 Å². The Kier molecular flexibility index (Phi) is 5.62. The van der Waals surface area contributed by atoms with Crippen LogP contribution in [0.2, 0.25) is 0 Å². The van der Waals surface area contributed by atoms with E-state index in [0.29, 0.717) is 12.0 Å². The summed E-state index contributed by atoms with van der Waals surface area (Å²) in [7, 11) is 0. The summed E-state index contributed by atoms with van der Waals surface area (Å²) in [6, 6.07) is 0.604. The van der Waals surface area contributed by atoms with Crippen molar-refractivity contribution < 1.29 is 0 Å². The van der Waals surface area contributed by atoms with Crippen LogP contribution >= 0.6 is 0 Å². The lowest BCUT2D eigenvalue weighted by Gasteiger charge is -2.39. The van der Waals surface area contributed by atoms with Gasteiger partial charge in [0, 0.05) is 12.6 Å². The largest absolute Gasteiger partial charge is 0.329 e. The zero-order chi connectivity index (χ0) is 11.3. The molecule has 1 atom stereocenters. The third kappa shape index (κ3) is 3.76. The molecule has 2 nitrogen and oxygen atoms in total. The lowest BCUT2D eigenvalue weighted by atomic mass is 9.90. The van der Waals surface area contributed by atoms with Crippen molar-refractivity contribution in [2.75, 3.05) is 19.6 Å². The van der Waals surface area contributed by atoms with Crippen LogP contribution in [0.25, 0.3) is 0 Å². The van der Waals surface area contributed by atoms with Crippen molar-refractivity contribution in [3.63, 3.8) is 0 Å². The SMILES string of the molecule is CCCC1CCN(C(CN)C(C)C)CC1. The third-order valence-corrected chi connectivity index (χ3v) is 3.83. The number of nitrogens with zero attached hydrogens (tertiary/aromatic N) is 1. The van der Waals surface area contributed by atoms with E-state index in [-0.39, 0.29) is 0 Å². The Morgan fingerprint density at radius 1 is 1.27 bits per heavy atom. The van der Waals surface area contributed by atoms with Crippen LogP contribution in [-0.2, 0) is 0 Å². The number of hydrogen-bond donors (Lipinski definition) is 1. The normalized spacial score (nSPS) is 22.2. The highest BCUT2D eigenvalue weighted by Crippen LogP contribution is 2.24. The van der Waals surface area contributed by atoms with Crippen LogP contribution in [0.5, 0.6) is 0 Å². The zero-order valence-corrected chi connectivity index (χ0v) is 10.7. The van der Waals surface area contributed by atoms with Crippen LogP contribution in [0, 0.1) is 11.8 Å². The predicted molar refractivity (Wildman–Crippen MR) is 66.9 cm³/mol. The van der Waals surface area contributed by atoms with Gasteiger partial charge in [-0.3, -0.25) is 4.90 Å². The first-order valence-electron chi connectivity index (χ1n) is 6.63. The molecule has 90 valence electrons. The molecule has 1 aliphatic heterocycles. The van der Waals surface area contributed by atoms with Gasteiger partial charge in [-0.15, -0.1) is 0 Å². The van der Waals surface area contributed by atoms with Gasteiger partial charge in [0.1, 0.15) is 0 Å². The molecule has 0 radical (unpaired) electrons. The van der Waals surface area contributed by atoms with Crippen LogP contribution in [-0.4, -0.2) is 30.6 Å². The van der Waals surface area contributed by atoms with Gasteiger partial charge in [-0.1, -0.05) is 33.6 Å². The molecule has 2 heteroatoms. The number of rotatable bonds is 5. The molecule has 1 rings (SSSR count). The fourth-order valence-corrected chi connectivity index (χ4v) is 2.82. The molecule has 1 saturated heterocycles. The number of hydrogen-bond acceptors (Lipinski definition) is 2. The van der Waals surface area contributed by atoms with E-state index in [4.69, 9.17) is 5.73 Å². The first kappa shape index (κ1) is 13.0. The Morgan fingerprint density at radius 2 is 1.87 bits per heavy atom. The van der Waals surface area contributed by atoms with Crippen LogP contribution < -0.4 is 5.73 Å². The minimum atomic E-state index is 0.604. The third-order valence-electron chi connectivity index (χ3n) is 3.83. The Morgan fingerprint density at radius 3 is 2.27 bits per heavy atom. The molecule has 0 amide bonds. The molecule has 0 aromatic heterocycles. The van der Waals surface area contributed by atoms with Gasteiger partial charge in [0.15, 0.2) is 0 Å². The minimum absolute atomic E-state index is 0.604. The van der Waals surface area contributed by atoms with E-state index < -0.39 is 0 Å². The van der Waals surface area contributed by atoms with Crippen LogP contribution in [0.4, 0.5) is 0 Å². The molecule has 1 unspecified atom stereocenters. The summed E-state index contributed by atoms with van der Waals surface area (Å²) in [4.78, 5) is 2.61. The fraction of sp³-hybridized carbons (Fsp3) is 1.00. The zero-order valence-electron chi connectivity index (χ0n) is 10.7. The van der Waals surface area contributed by atoms with E-state index in [1.54, 1.807) is 0 Å². The first-order valence-corrected chi connectivity index (χ1v) is 6.63. The summed E-state index contributed by atoms with van der Waals surface area (Å²) >= 11 is 0. The molecule has 1 fully saturated rings. The van der Waals surface area contributed by atoms with Gasteiger partial charge >= 0.3 is 0 Å². The first-order chi connectivity index (χ1) is 7.19. The summed E-state index contributed by atoms with van der Waals surface area (Å²) in [6.45, 7) is 10.2. The van der Waals surface area contributed by atoms with E-state index >= 15 is 0 Å². The predicted octanol–water partition coefficient (Wildman–Crippen LogP) is 2.48. The van der Waals surface area contributed by atoms with Crippen molar-refractivity contribution in [3.8, 4) is 0 Å². The van der Waals surface area contributed by atoms with Crippen molar-refractivity contribution in [2.24, 2.45) is 17.6 Å². The van der Waals surface area contributed by atoms with Crippen molar-refractivity contribution in [1.82, 2.24) is 4.90 Å². The molecule has 0 aliphatic carbocycles. The van der Waals surface area contributed by atoms with Crippen LogP contribution in [0.3, 0.4) is 0 Å². The standard InChI is InChI=1S/C13H28N2/c1-4-5-12-6-8-15(9-7-12)13(10-14)11(2)3/h11-13H,4-10,14H2,1-3H3. The molecule has 2 N–H and O–H groups in total. The lowest BCUT2D eigenvalue weighted by molar-refractivity contribution is 0.106. The average Bonchev–Trinajstić information content (AvgIpc) is 2.21. The second-order valence-electron chi connectivity index (χ2n) is 5.32. The van der Waals surface area contributed by atoms with E-state index in [9.17, 15) is 0 Å². The molecule has 0 aromatic carbocycles. The Bertz CT molecular complexity index is 160. The lowest BCUT2D eigenvalue weighted by Crippen LogP contribution is -2.47. The van der Waals surface area contributed by atoms with Gasteiger partial charge in [0.2, 0.25) is 0 Å². The molecular weight excluding hydrogens is 184 g/mol. The Labute approximate surface area is 95.2 Å². The topological polar surface area (TPSA) is 29.3 Å². The molecule has 15 heavy (non-hydrogen) atoms. The number of likely N-dealkylation sites (tertiary alicyclic amines) is 1. The van der Waals surface area contributed by atoms with E-state index in [1.165, 1.54) is 38.8 Å². The van der Waals surface area contributed by atoms with Crippen LogP contribution in [0.15, 0.2) is 0 Å².